The normalized spacial score (nSPS) is 21.4. The van der Waals surface area contributed by atoms with Crippen molar-refractivity contribution in [2.75, 3.05) is 19.6 Å². The number of hydrazine groups is 1. The summed E-state index contributed by atoms with van der Waals surface area (Å²) in [5, 5.41) is 3.17. The number of hydrogen-bond acceptors (Lipinski definition) is 4. The molecule has 0 saturated carbocycles. The van der Waals surface area contributed by atoms with E-state index < -0.39 is 0 Å². The highest BCUT2D eigenvalue weighted by Crippen LogP contribution is 2.12. The molecule has 1 heterocycles. The number of benzene rings is 1. The standard InChI is InChI=1S/C20H34N4O/c1-4-10-17-14-19(23-22-17)20(25)21-15-18(24(5-2)6-3)13-16-11-8-7-9-12-16/h7-9,11-12,17-19,22-23H,4-6,10,13-15H2,1-3H3,(H,21,25). The van der Waals surface area contributed by atoms with E-state index in [-0.39, 0.29) is 11.9 Å². The van der Waals surface area contributed by atoms with Crippen LogP contribution in [0.1, 0.15) is 45.6 Å². The van der Waals surface area contributed by atoms with Gasteiger partial charge in [0.25, 0.3) is 0 Å². The molecule has 1 aromatic carbocycles. The van der Waals surface area contributed by atoms with E-state index in [0.717, 1.165) is 38.8 Å². The van der Waals surface area contributed by atoms with Crippen LogP contribution in [0, 0.1) is 0 Å². The predicted octanol–water partition coefficient (Wildman–Crippen LogP) is 2.09. The smallest absolute Gasteiger partial charge is 0.238 e. The Balaban J connectivity index is 1.89. The van der Waals surface area contributed by atoms with Crippen molar-refractivity contribution in [3.05, 3.63) is 35.9 Å². The molecule has 5 nitrogen and oxygen atoms in total. The SMILES string of the molecule is CCCC1CC(C(=O)NCC(Cc2ccccc2)N(CC)CC)NN1. The first-order valence-corrected chi connectivity index (χ1v) is 9.74. The highest BCUT2D eigenvalue weighted by molar-refractivity contribution is 5.82. The van der Waals surface area contributed by atoms with Gasteiger partial charge in [-0.15, -0.1) is 0 Å². The van der Waals surface area contributed by atoms with E-state index in [2.05, 4.69) is 66.1 Å². The molecule has 1 aromatic rings. The van der Waals surface area contributed by atoms with Crippen LogP contribution in [-0.4, -0.2) is 48.6 Å². The lowest BCUT2D eigenvalue weighted by molar-refractivity contribution is -0.123. The molecule has 3 N–H and O–H groups in total. The van der Waals surface area contributed by atoms with E-state index in [1.165, 1.54) is 5.56 Å². The van der Waals surface area contributed by atoms with Crippen LogP contribution in [0.2, 0.25) is 0 Å². The van der Waals surface area contributed by atoms with Gasteiger partial charge < -0.3 is 5.32 Å². The van der Waals surface area contributed by atoms with Crippen LogP contribution in [-0.2, 0) is 11.2 Å². The molecule has 1 fully saturated rings. The number of nitrogens with zero attached hydrogens (tertiary/aromatic N) is 1. The minimum Gasteiger partial charge on any atom is -0.353 e. The first-order valence-electron chi connectivity index (χ1n) is 9.74. The molecule has 0 radical (unpaired) electrons. The average molecular weight is 347 g/mol. The number of likely N-dealkylation sites (N-methyl/N-ethyl adjacent to an activating group) is 1. The number of amides is 1. The molecule has 5 heteroatoms. The average Bonchev–Trinajstić information content (AvgIpc) is 3.10. The number of nitrogens with one attached hydrogen (secondary N) is 3. The number of hydrogen-bond donors (Lipinski definition) is 3. The topological polar surface area (TPSA) is 56.4 Å². The molecule has 2 rings (SSSR count). The van der Waals surface area contributed by atoms with E-state index >= 15 is 0 Å². The van der Waals surface area contributed by atoms with Crippen molar-refractivity contribution in [2.45, 2.75) is 64.6 Å². The Morgan fingerprint density at radius 2 is 1.92 bits per heavy atom. The minimum atomic E-state index is -0.120. The van der Waals surface area contributed by atoms with Gasteiger partial charge in [0, 0.05) is 18.6 Å². The highest BCUT2D eigenvalue weighted by Gasteiger charge is 2.29. The van der Waals surface area contributed by atoms with Gasteiger partial charge in [-0.2, -0.15) is 0 Å². The van der Waals surface area contributed by atoms with Crippen molar-refractivity contribution < 1.29 is 4.79 Å². The number of carbonyl (C=O) groups excluding carboxylic acids is 1. The maximum atomic E-state index is 12.5. The zero-order chi connectivity index (χ0) is 18.1. The molecule has 1 saturated heterocycles. The van der Waals surface area contributed by atoms with E-state index in [1.807, 2.05) is 6.07 Å². The summed E-state index contributed by atoms with van der Waals surface area (Å²) in [5.74, 6) is 0.108. The summed E-state index contributed by atoms with van der Waals surface area (Å²) in [7, 11) is 0. The first kappa shape index (κ1) is 19.9. The van der Waals surface area contributed by atoms with E-state index in [9.17, 15) is 4.79 Å². The first-order chi connectivity index (χ1) is 12.2. The Morgan fingerprint density at radius 1 is 1.20 bits per heavy atom. The van der Waals surface area contributed by atoms with Gasteiger partial charge in [-0.1, -0.05) is 57.5 Å². The summed E-state index contributed by atoms with van der Waals surface area (Å²) >= 11 is 0. The van der Waals surface area contributed by atoms with Crippen molar-refractivity contribution in [3.8, 4) is 0 Å². The van der Waals surface area contributed by atoms with Crippen molar-refractivity contribution in [3.63, 3.8) is 0 Å². The van der Waals surface area contributed by atoms with Gasteiger partial charge in [0.15, 0.2) is 0 Å². The molecule has 0 aliphatic carbocycles. The summed E-state index contributed by atoms with van der Waals surface area (Å²) in [6, 6.07) is 11.1. The quantitative estimate of drug-likeness (QED) is 0.607. The molecule has 3 atom stereocenters. The predicted molar refractivity (Wildman–Crippen MR) is 103 cm³/mol. The van der Waals surface area contributed by atoms with Crippen molar-refractivity contribution in [1.82, 2.24) is 21.1 Å². The molecule has 1 amide bonds. The lowest BCUT2D eigenvalue weighted by Crippen LogP contribution is -2.49. The van der Waals surface area contributed by atoms with Crippen molar-refractivity contribution >= 4 is 5.91 Å². The molecule has 0 bridgehead atoms. The molecular weight excluding hydrogens is 312 g/mol. The van der Waals surface area contributed by atoms with Gasteiger partial charge in [-0.05, 0) is 37.9 Å². The molecule has 25 heavy (non-hydrogen) atoms. The molecule has 3 unspecified atom stereocenters. The number of carbonyl (C=O) groups is 1. The maximum Gasteiger partial charge on any atom is 0.238 e. The fourth-order valence-corrected chi connectivity index (χ4v) is 3.63. The van der Waals surface area contributed by atoms with Gasteiger partial charge in [-0.3, -0.25) is 15.1 Å². The van der Waals surface area contributed by atoms with E-state index in [4.69, 9.17) is 0 Å². The minimum absolute atomic E-state index is 0.108. The lowest BCUT2D eigenvalue weighted by Gasteiger charge is -2.30. The zero-order valence-corrected chi connectivity index (χ0v) is 15.9. The molecule has 0 spiro atoms. The van der Waals surface area contributed by atoms with Gasteiger partial charge in [0.05, 0.1) is 0 Å². The monoisotopic (exact) mass is 346 g/mol. The van der Waals surface area contributed by atoms with E-state index in [0.29, 0.717) is 18.6 Å². The second-order valence-electron chi connectivity index (χ2n) is 6.87. The zero-order valence-electron chi connectivity index (χ0n) is 15.9. The summed E-state index contributed by atoms with van der Waals surface area (Å²) in [6.45, 7) is 9.21. The third-order valence-electron chi connectivity index (χ3n) is 5.09. The van der Waals surface area contributed by atoms with Gasteiger partial charge in [0.2, 0.25) is 5.91 Å². The van der Waals surface area contributed by atoms with Gasteiger partial charge in [-0.25, -0.2) is 5.43 Å². The Morgan fingerprint density at radius 3 is 2.56 bits per heavy atom. The summed E-state index contributed by atoms with van der Waals surface area (Å²) in [6.07, 6.45) is 4.06. The summed E-state index contributed by atoms with van der Waals surface area (Å²) in [5.41, 5.74) is 7.70. The molecule has 140 valence electrons. The van der Waals surface area contributed by atoms with Crippen LogP contribution in [0.3, 0.4) is 0 Å². The van der Waals surface area contributed by atoms with Crippen LogP contribution in [0.15, 0.2) is 30.3 Å². The Bertz CT molecular complexity index is 504. The summed E-state index contributed by atoms with van der Waals surface area (Å²) < 4.78 is 0. The maximum absolute atomic E-state index is 12.5. The van der Waals surface area contributed by atoms with Crippen LogP contribution in [0.25, 0.3) is 0 Å². The summed E-state index contributed by atoms with van der Waals surface area (Å²) in [4.78, 5) is 14.9. The van der Waals surface area contributed by atoms with Crippen LogP contribution in [0.5, 0.6) is 0 Å². The largest absolute Gasteiger partial charge is 0.353 e. The molecule has 0 aromatic heterocycles. The van der Waals surface area contributed by atoms with Crippen molar-refractivity contribution in [1.29, 1.82) is 0 Å². The Kier molecular flexibility index (Phi) is 8.38. The third-order valence-corrected chi connectivity index (χ3v) is 5.09. The van der Waals surface area contributed by atoms with Gasteiger partial charge in [0.1, 0.15) is 6.04 Å². The second kappa shape index (κ2) is 10.5. The fourth-order valence-electron chi connectivity index (χ4n) is 3.63. The lowest BCUT2D eigenvalue weighted by atomic mass is 10.0. The number of rotatable bonds is 10. The third kappa shape index (κ3) is 6.10. The molecular formula is C20H34N4O. The van der Waals surface area contributed by atoms with E-state index in [1.54, 1.807) is 0 Å². The fraction of sp³-hybridized carbons (Fsp3) is 0.650. The van der Waals surface area contributed by atoms with Crippen LogP contribution < -0.4 is 16.2 Å². The van der Waals surface area contributed by atoms with Gasteiger partial charge >= 0.3 is 0 Å². The highest BCUT2D eigenvalue weighted by atomic mass is 16.2. The Labute approximate surface area is 152 Å². The Hall–Kier alpha value is -1.43. The van der Waals surface area contributed by atoms with Crippen LogP contribution >= 0.6 is 0 Å². The van der Waals surface area contributed by atoms with Crippen LogP contribution in [0.4, 0.5) is 0 Å². The molecule has 1 aliphatic heterocycles. The van der Waals surface area contributed by atoms with Crippen molar-refractivity contribution in [2.24, 2.45) is 0 Å². The molecule has 1 aliphatic rings. The second-order valence-corrected chi connectivity index (χ2v) is 6.87.